The van der Waals surface area contributed by atoms with Crippen LogP contribution in [0, 0.1) is 11.3 Å². The number of hydrogen-bond donors (Lipinski definition) is 0. The summed E-state index contributed by atoms with van der Waals surface area (Å²) >= 11 is 1.73. The lowest BCUT2D eigenvalue weighted by Crippen LogP contribution is -1.94. The molecule has 0 amide bonds. The zero-order chi connectivity index (χ0) is 13.9. The topological polar surface area (TPSA) is 41.1 Å². The monoisotopic (exact) mass is 279 g/mol. The molecule has 1 aromatic carbocycles. The van der Waals surface area contributed by atoms with Gasteiger partial charge < -0.3 is 4.40 Å². The average Bonchev–Trinajstić information content (AvgIpc) is 2.91. The Morgan fingerprint density at radius 1 is 1.20 bits per heavy atom. The predicted octanol–water partition coefficient (Wildman–Crippen LogP) is 3.79. The number of benzene rings is 1. The molecule has 0 saturated carbocycles. The van der Waals surface area contributed by atoms with Crippen LogP contribution in [-0.2, 0) is 6.42 Å². The largest absolute Gasteiger partial charge is 0.316 e. The summed E-state index contributed by atoms with van der Waals surface area (Å²) in [6.07, 6.45) is 6.16. The lowest BCUT2D eigenvalue weighted by atomic mass is 10.1. The first-order chi connectivity index (χ1) is 9.83. The number of fused-ring (bicyclic) bond motifs is 1. The lowest BCUT2D eigenvalue weighted by Gasteiger charge is -2.06. The van der Waals surface area contributed by atoms with E-state index in [-0.39, 0.29) is 0 Å². The maximum atomic E-state index is 8.86. The molecule has 0 spiro atoms. The fourth-order valence-electron chi connectivity index (χ4n) is 2.30. The van der Waals surface area contributed by atoms with Crippen molar-refractivity contribution in [2.45, 2.75) is 11.3 Å². The molecule has 3 aromatic rings. The summed E-state index contributed by atoms with van der Waals surface area (Å²) in [5, 5.41) is 8.86. The van der Waals surface area contributed by atoms with E-state index in [4.69, 9.17) is 5.26 Å². The quantitative estimate of drug-likeness (QED) is 0.685. The van der Waals surface area contributed by atoms with E-state index in [0.29, 0.717) is 6.42 Å². The van der Waals surface area contributed by atoms with E-state index in [1.54, 1.807) is 18.0 Å². The highest BCUT2D eigenvalue weighted by Crippen LogP contribution is 2.26. The van der Waals surface area contributed by atoms with Crippen molar-refractivity contribution in [1.82, 2.24) is 9.38 Å². The van der Waals surface area contributed by atoms with Gasteiger partial charge in [0, 0.05) is 28.5 Å². The van der Waals surface area contributed by atoms with Gasteiger partial charge >= 0.3 is 0 Å². The lowest BCUT2D eigenvalue weighted by molar-refractivity contribution is 1.04. The van der Waals surface area contributed by atoms with E-state index < -0.39 is 0 Å². The van der Waals surface area contributed by atoms with E-state index in [9.17, 15) is 0 Å². The van der Waals surface area contributed by atoms with Gasteiger partial charge in [-0.1, -0.05) is 12.1 Å². The van der Waals surface area contributed by atoms with Crippen molar-refractivity contribution in [1.29, 1.82) is 5.26 Å². The Hall–Kier alpha value is -2.25. The van der Waals surface area contributed by atoms with Gasteiger partial charge in [-0.3, -0.25) is 4.98 Å². The number of rotatable bonds is 3. The summed E-state index contributed by atoms with van der Waals surface area (Å²) < 4.78 is 2.04. The minimum Gasteiger partial charge on any atom is -0.316 e. The Bertz CT molecular complexity index is 782. The second-order valence-electron chi connectivity index (χ2n) is 4.42. The molecule has 3 rings (SSSR count). The summed E-state index contributed by atoms with van der Waals surface area (Å²) in [5.41, 5.74) is 4.07. The SMILES string of the molecule is CSc1ccc(-c2nccn3c(CC#N)ccc23)cc1. The minimum atomic E-state index is 0.406. The third-order valence-electron chi connectivity index (χ3n) is 3.29. The molecule has 0 unspecified atom stereocenters. The molecule has 0 saturated heterocycles. The van der Waals surface area contributed by atoms with Crippen molar-refractivity contribution < 1.29 is 0 Å². The van der Waals surface area contributed by atoms with Crippen molar-refractivity contribution in [3.8, 4) is 17.3 Å². The molecular formula is C16H13N3S. The first-order valence-corrected chi connectivity index (χ1v) is 7.52. The molecule has 0 bridgehead atoms. The molecule has 0 fully saturated rings. The van der Waals surface area contributed by atoms with Crippen molar-refractivity contribution >= 4 is 17.3 Å². The number of hydrogen-bond acceptors (Lipinski definition) is 3. The van der Waals surface area contributed by atoms with Gasteiger partial charge in [-0.25, -0.2) is 0 Å². The van der Waals surface area contributed by atoms with E-state index in [0.717, 1.165) is 22.5 Å². The highest BCUT2D eigenvalue weighted by molar-refractivity contribution is 7.98. The molecule has 0 radical (unpaired) electrons. The van der Waals surface area contributed by atoms with Gasteiger partial charge in [0.15, 0.2) is 0 Å². The summed E-state index contributed by atoms with van der Waals surface area (Å²) in [7, 11) is 0. The van der Waals surface area contributed by atoms with Crippen LogP contribution in [0.15, 0.2) is 53.7 Å². The van der Waals surface area contributed by atoms with Gasteiger partial charge in [-0.05, 0) is 30.5 Å². The Morgan fingerprint density at radius 2 is 2.00 bits per heavy atom. The van der Waals surface area contributed by atoms with Gasteiger partial charge in [0.2, 0.25) is 0 Å². The fraction of sp³-hybridized carbons (Fsp3) is 0.125. The first kappa shape index (κ1) is 12.8. The van der Waals surface area contributed by atoms with Gasteiger partial charge in [0.05, 0.1) is 23.7 Å². The van der Waals surface area contributed by atoms with Crippen LogP contribution in [0.4, 0.5) is 0 Å². The number of nitriles is 1. The summed E-state index contributed by atoms with van der Waals surface area (Å²) in [4.78, 5) is 5.73. The standard InChI is InChI=1S/C16H13N3S/c1-20-14-5-2-12(3-6-14)16-15-7-4-13(8-9-17)19(15)11-10-18-16/h2-7,10-11H,8H2,1H3. The summed E-state index contributed by atoms with van der Waals surface area (Å²) in [5.74, 6) is 0. The van der Waals surface area contributed by atoms with Crippen LogP contribution in [0.3, 0.4) is 0 Å². The van der Waals surface area contributed by atoms with Crippen LogP contribution in [0.5, 0.6) is 0 Å². The Labute approximate surface area is 121 Å². The van der Waals surface area contributed by atoms with Crippen LogP contribution in [-0.4, -0.2) is 15.6 Å². The van der Waals surface area contributed by atoms with Crippen LogP contribution in [0.2, 0.25) is 0 Å². The highest BCUT2D eigenvalue weighted by atomic mass is 32.2. The minimum absolute atomic E-state index is 0.406. The molecule has 4 heteroatoms. The third-order valence-corrected chi connectivity index (χ3v) is 4.03. The smallest absolute Gasteiger partial charge is 0.0942 e. The predicted molar refractivity (Wildman–Crippen MR) is 81.7 cm³/mol. The third kappa shape index (κ3) is 2.17. The first-order valence-electron chi connectivity index (χ1n) is 6.30. The normalized spacial score (nSPS) is 10.6. The van der Waals surface area contributed by atoms with Crippen molar-refractivity contribution in [2.24, 2.45) is 0 Å². The molecule has 0 aliphatic carbocycles. The summed E-state index contributed by atoms with van der Waals surface area (Å²) in [6.45, 7) is 0. The molecule has 3 nitrogen and oxygen atoms in total. The van der Waals surface area contributed by atoms with Crippen LogP contribution >= 0.6 is 11.8 Å². The molecule has 0 aliphatic heterocycles. The van der Waals surface area contributed by atoms with Crippen molar-refractivity contribution in [3.63, 3.8) is 0 Å². The number of aromatic nitrogens is 2. The van der Waals surface area contributed by atoms with E-state index in [2.05, 4.69) is 41.6 Å². The number of nitrogens with zero attached hydrogens (tertiary/aromatic N) is 3. The zero-order valence-electron chi connectivity index (χ0n) is 11.1. The molecular weight excluding hydrogens is 266 g/mol. The van der Waals surface area contributed by atoms with E-state index in [1.807, 2.05) is 22.7 Å². The van der Waals surface area contributed by atoms with E-state index in [1.165, 1.54) is 4.90 Å². The molecule has 0 N–H and O–H groups in total. The van der Waals surface area contributed by atoms with Crippen LogP contribution < -0.4 is 0 Å². The maximum absolute atomic E-state index is 8.86. The highest BCUT2D eigenvalue weighted by Gasteiger charge is 2.08. The number of thioether (sulfide) groups is 1. The molecule has 2 heterocycles. The molecule has 0 aliphatic rings. The molecule has 0 atom stereocenters. The summed E-state index contributed by atoms with van der Waals surface area (Å²) in [6, 6.07) is 14.6. The Balaban J connectivity index is 2.13. The van der Waals surface area contributed by atoms with Crippen LogP contribution in [0.25, 0.3) is 16.8 Å². The fourth-order valence-corrected chi connectivity index (χ4v) is 2.70. The Kier molecular flexibility index (Phi) is 3.44. The Morgan fingerprint density at radius 3 is 2.70 bits per heavy atom. The van der Waals surface area contributed by atoms with Crippen molar-refractivity contribution in [2.75, 3.05) is 6.26 Å². The molecule has 2 aromatic heterocycles. The second-order valence-corrected chi connectivity index (χ2v) is 5.30. The maximum Gasteiger partial charge on any atom is 0.0942 e. The van der Waals surface area contributed by atoms with Gasteiger partial charge in [0.1, 0.15) is 0 Å². The molecule has 20 heavy (non-hydrogen) atoms. The van der Waals surface area contributed by atoms with Crippen LogP contribution in [0.1, 0.15) is 5.69 Å². The van der Waals surface area contributed by atoms with Crippen molar-refractivity contribution in [3.05, 3.63) is 54.5 Å². The second kappa shape index (κ2) is 5.40. The van der Waals surface area contributed by atoms with Gasteiger partial charge in [-0.2, -0.15) is 5.26 Å². The van der Waals surface area contributed by atoms with E-state index >= 15 is 0 Å². The van der Waals surface area contributed by atoms with Gasteiger partial charge in [-0.15, -0.1) is 11.8 Å². The zero-order valence-corrected chi connectivity index (χ0v) is 11.9. The average molecular weight is 279 g/mol. The molecule has 98 valence electrons. The van der Waals surface area contributed by atoms with Gasteiger partial charge in [0.25, 0.3) is 0 Å².